The van der Waals surface area contributed by atoms with Gasteiger partial charge in [0, 0.05) is 35.4 Å². The number of furan rings is 1. The molecule has 1 atom stereocenters. The van der Waals surface area contributed by atoms with Crippen LogP contribution in [0.2, 0.25) is 0 Å². The molecule has 8 nitrogen and oxygen atoms in total. The van der Waals surface area contributed by atoms with Gasteiger partial charge in [-0.25, -0.2) is 13.3 Å². The van der Waals surface area contributed by atoms with Gasteiger partial charge in [0.05, 0.1) is 41.0 Å². The van der Waals surface area contributed by atoms with Crippen molar-refractivity contribution in [1.82, 2.24) is 9.71 Å². The Labute approximate surface area is 248 Å². The smallest absolute Gasteiger partial charge is 0.310 e. The van der Waals surface area contributed by atoms with Crippen molar-refractivity contribution in [2.75, 3.05) is 13.7 Å². The number of hydrogen-bond donors (Lipinski definition) is 1. The molecule has 0 aliphatic heterocycles. The number of aromatic nitrogens is 1. The molecule has 10 heteroatoms. The number of carbonyl (C=O) groups is 1. The molecule has 1 N–H and O–H groups in total. The van der Waals surface area contributed by atoms with Crippen LogP contribution >= 0.6 is 0 Å². The molecule has 0 radical (unpaired) electrons. The second kappa shape index (κ2) is 13.6. The molecule has 0 aliphatic carbocycles. The van der Waals surface area contributed by atoms with Crippen LogP contribution in [0.1, 0.15) is 55.8 Å². The third kappa shape index (κ3) is 7.61. The fraction of sp³-hybridized carbons (Fsp3) is 0.375. The van der Waals surface area contributed by atoms with Gasteiger partial charge in [-0.2, -0.15) is 0 Å². The van der Waals surface area contributed by atoms with Gasteiger partial charge in [0.15, 0.2) is 5.82 Å². The number of nitrogens with one attached hydrogen (secondary N) is 1. The van der Waals surface area contributed by atoms with Crippen LogP contribution in [0.4, 0.5) is 4.39 Å². The zero-order valence-corrected chi connectivity index (χ0v) is 25.7. The average Bonchev–Trinajstić information content (AvgIpc) is 3.34. The zero-order valence-electron chi connectivity index (χ0n) is 24.8. The second-order valence-corrected chi connectivity index (χ2v) is 13.0. The van der Waals surface area contributed by atoms with E-state index in [-0.39, 0.29) is 37.8 Å². The number of nitrogens with zero attached hydrogens (tertiary/aromatic N) is 1. The molecule has 4 rings (SSSR count). The lowest BCUT2D eigenvalue weighted by molar-refractivity contribution is -0.142. The van der Waals surface area contributed by atoms with Gasteiger partial charge in [-0.15, -0.1) is 0 Å². The van der Waals surface area contributed by atoms with Gasteiger partial charge in [0.25, 0.3) is 0 Å². The first kappa shape index (κ1) is 31.3. The van der Waals surface area contributed by atoms with E-state index in [0.29, 0.717) is 34.8 Å². The maximum atomic E-state index is 15.9. The second-order valence-electron chi connectivity index (χ2n) is 10.9. The van der Waals surface area contributed by atoms with Gasteiger partial charge in [0.2, 0.25) is 0 Å². The van der Waals surface area contributed by atoms with E-state index in [1.54, 1.807) is 20.1 Å². The number of rotatable bonds is 12. The maximum absolute atomic E-state index is 15.9. The predicted octanol–water partition coefficient (Wildman–Crippen LogP) is 6.33. The van der Waals surface area contributed by atoms with Crippen molar-refractivity contribution in [1.29, 1.82) is 0 Å². The van der Waals surface area contributed by atoms with Crippen molar-refractivity contribution in [3.05, 3.63) is 82.6 Å². The third-order valence-electron chi connectivity index (χ3n) is 6.45. The van der Waals surface area contributed by atoms with Crippen molar-refractivity contribution < 1.29 is 32.0 Å². The van der Waals surface area contributed by atoms with Crippen molar-refractivity contribution in [3.63, 3.8) is 0 Å². The minimum Gasteiger partial charge on any atom is -0.489 e. The summed E-state index contributed by atoms with van der Waals surface area (Å²) in [6, 6.07) is 12.9. The lowest BCUT2D eigenvalue weighted by Gasteiger charge is -2.18. The lowest BCUT2D eigenvalue weighted by Crippen LogP contribution is -2.33. The summed E-state index contributed by atoms with van der Waals surface area (Å²) in [7, 11) is 0.189. The lowest BCUT2D eigenvalue weighted by atomic mass is 10.00. The van der Waals surface area contributed by atoms with Crippen LogP contribution in [0.15, 0.2) is 53.1 Å². The summed E-state index contributed by atoms with van der Waals surface area (Å²) in [6.45, 7) is 9.96. The van der Waals surface area contributed by atoms with Gasteiger partial charge >= 0.3 is 5.97 Å². The SMILES string of the molecule is CCOC(=O)Cc1ccc(C)cc1OCc1cc(-c2ccnc(CNS(=O)C(C)(C)C)c2F)c2oc(COC)cc2c1. The van der Waals surface area contributed by atoms with Gasteiger partial charge in [-0.05, 0) is 76.1 Å². The van der Waals surface area contributed by atoms with Crippen molar-refractivity contribution in [2.24, 2.45) is 0 Å². The Balaban J connectivity index is 1.70. The van der Waals surface area contributed by atoms with E-state index >= 15 is 4.39 Å². The fourth-order valence-electron chi connectivity index (χ4n) is 4.40. The Hall–Kier alpha value is -3.60. The first-order valence-electron chi connectivity index (χ1n) is 13.7. The van der Waals surface area contributed by atoms with Crippen molar-refractivity contribution in [2.45, 2.75) is 65.5 Å². The number of benzene rings is 2. The third-order valence-corrected chi connectivity index (χ3v) is 7.97. The first-order chi connectivity index (χ1) is 20.0. The number of carbonyl (C=O) groups excluding carboxylic acids is 1. The van der Waals surface area contributed by atoms with E-state index in [0.717, 1.165) is 22.1 Å². The zero-order chi connectivity index (χ0) is 30.4. The molecule has 0 fully saturated rings. The maximum Gasteiger partial charge on any atom is 0.310 e. The number of aryl methyl sites for hydroxylation is 1. The van der Waals surface area contributed by atoms with Gasteiger partial charge in [-0.3, -0.25) is 9.78 Å². The number of hydrogen-bond acceptors (Lipinski definition) is 7. The number of pyridine rings is 1. The summed E-state index contributed by atoms with van der Waals surface area (Å²) in [5.41, 5.74) is 3.96. The fourth-order valence-corrected chi connectivity index (χ4v) is 5.11. The number of halogens is 1. The molecule has 224 valence electrons. The van der Waals surface area contributed by atoms with E-state index < -0.39 is 21.5 Å². The van der Waals surface area contributed by atoms with Crippen LogP contribution in [0, 0.1) is 12.7 Å². The molecule has 0 aliphatic rings. The molecule has 0 amide bonds. The van der Waals surface area contributed by atoms with Gasteiger partial charge < -0.3 is 18.6 Å². The molecular weight excluding hydrogens is 559 g/mol. The van der Waals surface area contributed by atoms with Gasteiger partial charge in [0.1, 0.15) is 30.3 Å². The Morgan fingerprint density at radius 2 is 1.88 bits per heavy atom. The predicted molar refractivity (Wildman–Crippen MR) is 161 cm³/mol. The molecule has 2 heterocycles. The highest BCUT2D eigenvalue weighted by atomic mass is 32.2. The minimum absolute atomic E-state index is 0.000814. The summed E-state index contributed by atoms with van der Waals surface area (Å²) in [6.07, 6.45) is 1.62. The summed E-state index contributed by atoms with van der Waals surface area (Å²) >= 11 is 0. The van der Waals surface area contributed by atoms with E-state index in [1.165, 1.54) is 6.20 Å². The summed E-state index contributed by atoms with van der Waals surface area (Å²) in [5.74, 6) is 0.311. The molecule has 2 aromatic carbocycles. The molecule has 0 saturated carbocycles. The van der Waals surface area contributed by atoms with Crippen LogP contribution in [-0.2, 0) is 51.4 Å². The van der Waals surface area contributed by atoms with Crippen molar-refractivity contribution >= 4 is 27.9 Å². The van der Waals surface area contributed by atoms with Crippen LogP contribution in [0.25, 0.3) is 22.1 Å². The summed E-state index contributed by atoms with van der Waals surface area (Å²) < 4.78 is 53.5. The van der Waals surface area contributed by atoms with E-state index in [2.05, 4.69) is 9.71 Å². The van der Waals surface area contributed by atoms with Crippen LogP contribution in [-0.4, -0.2) is 33.6 Å². The molecular formula is C32H37FN2O6S. The number of fused-ring (bicyclic) bond motifs is 1. The summed E-state index contributed by atoms with van der Waals surface area (Å²) in [4.78, 5) is 16.4. The molecule has 0 bridgehead atoms. The standard InChI is InChI=1S/C32H37FN2O6S/c1-7-39-29(36)16-22-9-8-20(2)12-28(22)40-18-21-13-23-15-24(19-38-6)41-31(23)26(14-21)25-10-11-34-27(30(25)33)17-35-42(37)32(3,4)5/h8-15,35H,7,16-19H2,1-6H3. The summed E-state index contributed by atoms with van der Waals surface area (Å²) in [5, 5.41) is 0.763. The number of ether oxygens (including phenoxy) is 3. The quantitative estimate of drug-likeness (QED) is 0.191. The van der Waals surface area contributed by atoms with Crippen LogP contribution in [0.5, 0.6) is 5.75 Å². The first-order valence-corrected chi connectivity index (χ1v) is 14.9. The number of methoxy groups -OCH3 is 1. The van der Waals surface area contributed by atoms with Gasteiger partial charge in [-0.1, -0.05) is 12.1 Å². The topological polar surface area (TPSA) is 99.9 Å². The van der Waals surface area contributed by atoms with E-state index in [4.69, 9.17) is 18.6 Å². The molecule has 1 unspecified atom stereocenters. The highest BCUT2D eigenvalue weighted by Crippen LogP contribution is 2.35. The van der Waals surface area contributed by atoms with Crippen LogP contribution in [0.3, 0.4) is 0 Å². The minimum atomic E-state index is -1.39. The van der Waals surface area contributed by atoms with E-state index in [9.17, 15) is 9.00 Å². The molecule has 4 aromatic rings. The Bertz CT molecular complexity index is 1590. The largest absolute Gasteiger partial charge is 0.489 e. The molecule has 0 saturated heterocycles. The Morgan fingerprint density at radius 3 is 2.60 bits per heavy atom. The highest BCUT2D eigenvalue weighted by molar-refractivity contribution is 7.84. The highest BCUT2D eigenvalue weighted by Gasteiger charge is 2.22. The van der Waals surface area contributed by atoms with Crippen molar-refractivity contribution in [3.8, 4) is 16.9 Å². The Kier molecular flexibility index (Phi) is 10.1. The molecule has 42 heavy (non-hydrogen) atoms. The normalized spacial score (nSPS) is 12.5. The molecule has 2 aromatic heterocycles. The molecule has 0 spiro atoms. The monoisotopic (exact) mass is 596 g/mol. The van der Waals surface area contributed by atoms with Crippen LogP contribution < -0.4 is 9.46 Å². The average molecular weight is 597 g/mol. The number of esters is 1. The Morgan fingerprint density at radius 1 is 1.10 bits per heavy atom. The van der Waals surface area contributed by atoms with E-state index in [1.807, 2.05) is 64.1 Å².